The molecule has 0 spiro atoms. The lowest BCUT2D eigenvalue weighted by molar-refractivity contribution is -0.137. The van der Waals surface area contributed by atoms with E-state index in [2.05, 4.69) is 13.8 Å². The van der Waals surface area contributed by atoms with Crippen molar-refractivity contribution in [1.29, 1.82) is 0 Å². The van der Waals surface area contributed by atoms with Crippen LogP contribution >= 0.6 is 0 Å². The Kier molecular flexibility index (Phi) is 26.5. The fourth-order valence-corrected chi connectivity index (χ4v) is 4.98. The molecular formula is C30H61NO3. The number of amides is 1. The van der Waals surface area contributed by atoms with E-state index in [9.17, 15) is 15.0 Å². The van der Waals surface area contributed by atoms with Gasteiger partial charge in [-0.05, 0) is 12.8 Å². The molecule has 0 bridgehead atoms. The lowest BCUT2D eigenvalue weighted by Gasteiger charge is -2.26. The summed E-state index contributed by atoms with van der Waals surface area (Å²) < 4.78 is 0. The van der Waals surface area contributed by atoms with E-state index in [4.69, 9.17) is 0 Å². The Hall–Kier alpha value is -0.610. The van der Waals surface area contributed by atoms with Crippen LogP contribution in [0, 0.1) is 5.92 Å². The average molecular weight is 484 g/mol. The van der Waals surface area contributed by atoms with Crippen molar-refractivity contribution in [3.05, 3.63) is 0 Å². The molecule has 0 atom stereocenters. The summed E-state index contributed by atoms with van der Waals surface area (Å²) in [5.74, 6) is 0.205. The molecule has 204 valence electrons. The van der Waals surface area contributed by atoms with Gasteiger partial charge in [-0.2, -0.15) is 0 Å². The van der Waals surface area contributed by atoms with E-state index in [1.807, 2.05) is 0 Å². The van der Waals surface area contributed by atoms with E-state index < -0.39 is 0 Å². The van der Waals surface area contributed by atoms with Crippen LogP contribution in [0.25, 0.3) is 0 Å². The summed E-state index contributed by atoms with van der Waals surface area (Å²) in [6.45, 7) is 5.14. The Bertz CT molecular complexity index is 386. The number of aliphatic hydroxyl groups excluding tert-OH is 2. The van der Waals surface area contributed by atoms with E-state index in [0.29, 0.717) is 13.1 Å². The summed E-state index contributed by atoms with van der Waals surface area (Å²) in [4.78, 5) is 14.8. The zero-order valence-corrected chi connectivity index (χ0v) is 23.2. The van der Waals surface area contributed by atoms with Crippen LogP contribution in [0.4, 0.5) is 0 Å². The normalized spacial score (nSPS) is 11.4. The molecule has 2 N–H and O–H groups in total. The first kappa shape index (κ1) is 33.4. The van der Waals surface area contributed by atoms with Gasteiger partial charge < -0.3 is 15.1 Å². The van der Waals surface area contributed by atoms with Crippen molar-refractivity contribution in [2.45, 2.75) is 155 Å². The Morgan fingerprint density at radius 2 is 0.824 bits per heavy atom. The zero-order chi connectivity index (χ0) is 25.1. The molecule has 0 radical (unpaired) electrons. The van der Waals surface area contributed by atoms with Crippen LogP contribution in [0.15, 0.2) is 0 Å². The summed E-state index contributed by atoms with van der Waals surface area (Å²) in [6, 6.07) is 0. The monoisotopic (exact) mass is 483 g/mol. The van der Waals surface area contributed by atoms with Gasteiger partial charge in [-0.3, -0.25) is 4.79 Å². The van der Waals surface area contributed by atoms with Gasteiger partial charge in [0.05, 0.1) is 13.2 Å². The molecule has 0 heterocycles. The van der Waals surface area contributed by atoms with Crippen molar-refractivity contribution in [1.82, 2.24) is 4.90 Å². The fourth-order valence-electron chi connectivity index (χ4n) is 4.98. The van der Waals surface area contributed by atoms with E-state index >= 15 is 0 Å². The molecule has 34 heavy (non-hydrogen) atoms. The topological polar surface area (TPSA) is 60.8 Å². The lowest BCUT2D eigenvalue weighted by Crippen LogP contribution is -2.40. The van der Waals surface area contributed by atoms with Crippen molar-refractivity contribution in [2.24, 2.45) is 5.92 Å². The second kappa shape index (κ2) is 27.0. The number of carbonyl (C=O) groups is 1. The molecular weight excluding hydrogens is 422 g/mol. The minimum absolute atomic E-state index is 0.0328. The molecule has 0 unspecified atom stereocenters. The van der Waals surface area contributed by atoms with Gasteiger partial charge in [0, 0.05) is 19.0 Å². The van der Waals surface area contributed by atoms with Gasteiger partial charge in [-0.15, -0.1) is 0 Å². The standard InChI is InChI=1S/C30H61NO3/c1-3-5-7-9-11-13-15-17-19-21-23-29(30(34)31(25-27-32)26-28-33)24-22-20-18-16-14-12-10-8-6-4-2/h29,32-33H,3-28H2,1-2H3. The number of hydrogen-bond acceptors (Lipinski definition) is 3. The maximum atomic E-state index is 13.1. The summed E-state index contributed by atoms with van der Waals surface area (Å²) in [7, 11) is 0. The third-order valence-corrected chi connectivity index (χ3v) is 7.21. The molecule has 0 aromatic carbocycles. The molecule has 0 aliphatic carbocycles. The molecule has 0 aliphatic rings. The number of unbranched alkanes of at least 4 members (excludes halogenated alkanes) is 18. The zero-order valence-electron chi connectivity index (χ0n) is 23.2. The van der Waals surface area contributed by atoms with Gasteiger partial charge >= 0.3 is 0 Å². The second-order valence-corrected chi connectivity index (χ2v) is 10.4. The van der Waals surface area contributed by atoms with Crippen molar-refractivity contribution in [2.75, 3.05) is 26.3 Å². The summed E-state index contributed by atoms with van der Waals surface area (Å²) in [5, 5.41) is 18.7. The summed E-state index contributed by atoms with van der Waals surface area (Å²) in [5.41, 5.74) is 0. The molecule has 0 saturated heterocycles. The van der Waals surface area contributed by atoms with Gasteiger partial charge in [0.1, 0.15) is 0 Å². The highest BCUT2D eigenvalue weighted by molar-refractivity contribution is 5.78. The van der Waals surface area contributed by atoms with Crippen LogP contribution in [0.3, 0.4) is 0 Å². The second-order valence-electron chi connectivity index (χ2n) is 10.4. The summed E-state index contributed by atoms with van der Waals surface area (Å²) >= 11 is 0. The van der Waals surface area contributed by atoms with Crippen molar-refractivity contribution < 1.29 is 15.0 Å². The smallest absolute Gasteiger partial charge is 0.225 e. The number of rotatable bonds is 27. The molecule has 0 saturated carbocycles. The summed E-state index contributed by atoms with van der Waals surface area (Å²) in [6.07, 6.45) is 28.2. The van der Waals surface area contributed by atoms with Gasteiger partial charge in [0.15, 0.2) is 0 Å². The highest BCUT2D eigenvalue weighted by atomic mass is 16.3. The van der Waals surface area contributed by atoms with Crippen LogP contribution in [0.5, 0.6) is 0 Å². The van der Waals surface area contributed by atoms with Crippen molar-refractivity contribution in [3.63, 3.8) is 0 Å². The van der Waals surface area contributed by atoms with E-state index in [1.54, 1.807) is 4.90 Å². The van der Waals surface area contributed by atoms with E-state index in [1.165, 1.54) is 116 Å². The van der Waals surface area contributed by atoms with Gasteiger partial charge in [0.25, 0.3) is 0 Å². The van der Waals surface area contributed by atoms with Crippen LogP contribution in [0.2, 0.25) is 0 Å². The molecule has 0 aromatic rings. The van der Waals surface area contributed by atoms with Crippen LogP contribution < -0.4 is 0 Å². The Morgan fingerprint density at radius 3 is 1.12 bits per heavy atom. The third kappa shape index (κ3) is 20.7. The number of aliphatic hydroxyl groups is 2. The molecule has 4 nitrogen and oxygen atoms in total. The lowest BCUT2D eigenvalue weighted by atomic mass is 9.92. The minimum Gasteiger partial charge on any atom is -0.395 e. The maximum absolute atomic E-state index is 13.1. The average Bonchev–Trinajstić information content (AvgIpc) is 2.84. The third-order valence-electron chi connectivity index (χ3n) is 7.21. The van der Waals surface area contributed by atoms with E-state index in [0.717, 1.165) is 25.7 Å². The Labute approximate surface area is 213 Å². The van der Waals surface area contributed by atoms with Crippen molar-refractivity contribution >= 4 is 5.91 Å². The SMILES string of the molecule is CCCCCCCCCCCCC(CCCCCCCCCCCC)C(=O)N(CCO)CCO. The molecule has 0 fully saturated rings. The van der Waals surface area contributed by atoms with E-state index in [-0.39, 0.29) is 25.0 Å². The maximum Gasteiger partial charge on any atom is 0.225 e. The van der Waals surface area contributed by atoms with Gasteiger partial charge in [-0.25, -0.2) is 0 Å². The molecule has 4 heteroatoms. The number of hydrogen-bond donors (Lipinski definition) is 2. The highest BCUT2D eigenvalue weighted by Crippen LogP contribution is 2.22. The van der Waals surface area contributed by atoms with Gasteiger partial charge in [0.2, 0.25) is 5.91 Å². The molecule has 1 amide bonds. The first-order valence-corrected chi connectivity index (χ1v) is 15.2. The molecule has 0 aromatic heterocycles. The van der Waals surface area contributed by atoms with Crippen molar-refractivity contribution in [3.8, 4) is 0 Å². The van der Waals surface area contributed by atoms with Gasteiger partial charge in [-0.1, -0.05) is 142 Å². The Morgan fingerprint density at radius 1 is 0.529 bits per heavy atom. The first-order chi connectivity index (χ1) is 16.7. The molecule has 0 aliphatic heterocycles. The Balaban J connectivity index is 4.19. The predicted octanol–water partition coefficient (Wildman–Crippen LogP) is 8.04. The molecule has 0 rings (SSSR count). The quantitative estimate of drug-likeness (QED) is 0.116. The fraction of sp³-hybridized carbons (Fsp3) is 0.967. The van der Waals surface area contributed by atoms with Crippen LogP contribution in [-0.2, 0) is 4.79 Å². The first-order valence-electron chi connectivity index (χ1n) is 15.2. The highest BCUT2D eigenvalue weighted by Gasteiger charge is 2.23. The number of carbonyl (C=O) groups excluding carboxylic acids is 1. The minimum atomic E-state index is -0.0328. The van der Waals surface area contributed by atoms with Crippen LogP contribution in [0.1, 0.15) is 155 Å². The van der Waals surface area contributed by atoms with Crippen LogP contribution in [-0.4, -0.2) is 47.3 Å². The largest absolute Gasteiger partial charge is 0.395 e. The number of nitrogens with zero attached hydrogens (tertiary/aromatic N) is 1. The predicted molar refractivity (Wildman–Crippen MR) is 147 cm³/mol.